The molecule has 0 bridgehead atoms. The van der Waals surface area contributed by atoms with E-state index >= 15 is 0 Å². The largest absolute Gasteiger partial charge is 0.489 e. The van der Waals surface area contributed by atoms with Gasteiger partial charge >= 0.3 is 12.1 Å². The number of nitrogens with zero attached hydrogens (tertiary/aromatic N) is 1. The number of aromatic nitrogens is 1. The minimum atomic E-state index is -4.60. The zero-order chi connectivity index (χ0) is 24.5. The van der Waals surface area contributed by atoms with Crippen LogP contribution in [0.15, 0.2) is 54.7 Å². The standard InChI is InChI=1S/C26H21F4NO3/c1-15-21(25(32)33)11-17(13-31-15)19-6-4-7-20(19)22-12-18(9-10-23(22)26(28,29)30)34-14-16-5-2-3-8-24(16)27/h2-3,5,8-13H,4,6-7,14H2,1H3,(H,32,33). The molecule has 0 saturated heterocycles. The van der Waals surface area contributed by atoms with Crippen LogP contribution in [-0.4, -0.2) is 16.1 Å². The molecule has 2 aromatic carbocycles. The van der Waals surface area contributed by atoms with Crippen LogP contribution < -0.4 is 4.74 Å². The van der Waals surface area contributed by atoms with E-state index in [-0.39, 0.29) is 29.0 Å². The predicted molar refractivity (Wildman–Crippen MR) is 119 cm³/mol. The number of hydrogen-bond donors (Lipinski definition) is 1. The quantitative estimate of drug-likeness (QED) is 0.397. The lowest BCUT2D eigenvalue weighted by molar-refractivity contribution is -0.137. The summed E-state index contributed by atoms with van der Waals surface area (Å²) in [5, 5.41) is 9.43. The highest BCUT2D eigenvalue weighted by atomic mass is 19.4. The van der Waals surface area contributed by atoms with E-state index in [1.807, 2.05) is 0 Å². The highest BCUT2D eigenvalue weighted by molar-refractivity contribution is 5.96. The van der Waals surface area contributed by atoms with Crippen LogP contribution in [-0.2, 0) is 12.8 Å². The molecular formula is C26H21F4NO3. The lowest BCUT2D eigenvalue weighted by Crippen LogP contribution is -2.10. The number of rotatable bonds is 6. The first-order valence-corrected chi connectivity index (χ1v) is 10.7. The number of alkyl halides is 3. The third kappa shape index (κ3) is 4.81. The molecular weight excluding hydrogens is 450 g/mol. The van der Waals surface area contributed by atoms with Crippen molar-refractivity contribution >= 4 is 17.1 Å². The van der Waals surface area contributed by atoms with E-state index < -0.39 is 23.5 Å². The molecule has 8 heteroatoms. The van der Waals surface area contributed by atoms with Crippen LogP contribution in [0.3, 0.4) is 0 Å². The summed E-state index contributed by atoms with van der Waals surface area (Å²) in [5.41, 5.74) is 1.39. The average Bonchev–Trinajstić information content (AvgIpc) is 3.28. The summed E-state index contributed by atoms with van der Waals surface area (Å²) in [4.78, 5) is 15.7. The number of aryl methyl sites for hydroxylation is 1. The van der Waals surface area contributed by atoms with Gasteiger partial charge in [-0.25, -0.2) is 9.18 Å². The second-order valence-electron chi connectivity index (χ2n) is 8.06. The van der Waals surface area contributed by atoms with Gasteiger partial charge in [-0.15, -0.1) is 0 Å². The van der Waals surface area contributed by atoms with Crippen molar-refractivity contribution in [1.29, 1.82) is 0 Å². The predicted octanol–water partition coefficient (Wildman–Crippen LogP) is 6.92. The summed E-state index contributed by atoms with van der Waals surface area (Å²) in [6.07, 6.45) is -1.59. The lowest BCUT2D eigenvalue weighted by atomic mass is 9.93. The van der Waals surface area contributed by atoms with Crippen molar-refractivity contribution in [1.82, 2.24) is 4.98 Å². The van der Waals surface area contributed by atoms with E-state index in [0.717, 1.165) is 6.07 Å². The van der Waals surface area contributed by atoms with Crippen LogP contribution in [0.1, 0.15) is 57.6 Å². The Balaban J connectivity index is 1.78. The number of benzene rings is 2. The van der Waals surface area contributed by atoms with Gasteiger partial charge in [-0.3, -0.25) is 4.98 Å². The number of allylic oxidation sites excluding steroid dienone is 2. The van der Waals surface area contributed by atoms with Crippen LogP contribution >= 0.6 is 0 Å². The van der Waals surface area contributed by atoms with Crippen LogP contribution in [0.4, 0.5) is 17.6 Å². The van der Waals surface area contributed by atoms with E-state index in [0.29, 0.717) is 41.7 Å². The van der Waals surface area contributed by atoms with Gasteiger partial charge in [-0.2, -0.15) is 13.2 Å². The first kappa shape index (κ1) is 23.5. The van der Waals surface area contributed by atoms with Crippen LogP contribution in [0, 0.1) is 12.7 Å². The molecule has 1 heterocycles. The van der Waals surface area contributed by atoms with E-state index in [9.17, 15) is 27.5 Å². The third-order valence-corrected chi connectivity index (χ3v) is 5.86. The number of pyridine rings is 1. The Hall–Kier alpha value is -3.68. The van der Waals surface area contributed by atoms with Crippen LogP contribution in [0.5, 0.6) is 5.75 Å². The Morgan fingerprint density at radius 3 is 2.53 bits per heavy atom. The van der Waals surface area contributed by atoms with E-state index in [1.54, 1.807) is 25.1 Å². The average molecular weight is 471 g/mol. The highest BCUT2D eigenvalue weighted by Crippen LogP contribution is 2.45. The maximum Gasteiger partial charge on any atom is 0.417 e. The van der Waals surface area contributed by atoms with Gasteiger partial charge in [-0.1, -0.05) is 18.2 Å². The van der Waals surface area contributed by atoms with Crippen molar-refractivity contribution in [2.45, 2.75) is 39.0 Å². The van der Waals surface area contributed by atoms with Gasteiger partial charge in [0.1, 0.15) is 18.2 Å². The molecule has 1 aliphatic carbocycles. The van der Waals surface area contributed by atoms with Crippen molar-refractivity contribution in [2.75, 3.05) is 0 Å². The van der Waals surface area contributed by atoms with Crippen molar-refractivity contribution in [3.8, 4) is 5.75 Å². The van der Waals surface area contributed by atoms with Crippen molar-refractivity contribution in [3.05, 3.63) is 94.1 Å². The van der Waals surface area contributed by atoms with Gasteiger partial charge in [0.05, 0.1) is 16.8 Å². The van der Waals surface area contributed by atoms with Gasteiger partial charge in [0.15, 0.2) is 0 Å². The van der Waals surface area contributed by atoms with E-state index in [2.05, 4.69) is 4.98 Å². The molecule has 1 aromatic heterocycles. The summed E-state index contributed by atoms with van der Waals surface area (Å²) in [6, 6.07) is 11.0. The molecule has 0 aliphatic heterocycles. The fraction of sp³-hybridized carbons (Fsp3) is 0.231. The number of halogens is 4. The normalized spacial score (nSPS) is 13.9. The summed E-state index contributed by atoms with van der Waals surface area (Å²) in [7, 11) is 0. The fourth-order valence-electron chi connectivity index (χ4n) is 4.16. The molecule has 4 rings (SSSR count). The molecule has 0 radical (unpaired) electrons. The number of carboxylic acids is 1. The topological polar surface area (TPSA) is 59.4 Å². The van der Waals surface area contributed by atoms with E-state index in [4.69, 9.17) is 4.74 Å². The SMILES string of the molecule is Cc1ncc(C2=C(c3cc(OCc4ccccc4F)ccc3C(F)(F)F)CCC2)cc1C(=O)O. The number of hydrogen-bond acceptors (Lipinski definition) is 3. The van der Waals surface area contributed by atoms with Gasteiger partial charge in [0, 0.05) is 11.8 Å². The number of carboxylic acid groups (broad SMARTS) is 1. The molecule has 1 N–H and O–H groups in total. The Morgan fingerprint density at radius 1 is 1.09 bits per heavy atom. The maximum absolute atomic E-state index is 13.9. The minimum Gasteiger partial charge on any atom is -0.489 e. The maximum atomic E-state index is 13.9. The monoisotopic (exact) mass is 471 g/mol. The Kier molecular flexibility index (Phi) is 6.41. The molecule has 1 aliphatic rings. The summed E-state index contributed by atoms with van der Waals surface area (Å²) < 4.78 is 61.2. The lowest BCUT2D eigenvalue weighted by Gasteiger charge is -2.18. The fourth-order valence-corrected chi connectivity index (χ4v) is 4.16. The zero-order valence-corrected chi connectivity index (χ0v) is 18.2. The molecule has 0 amide bonds. The van der Waals surface area contributed by atoms with Crippen LogP contribution in [0.25, 0.3) is 11.1 Å². The molecule has 4 nitrogen and oxygen atoms in total. The molecule has 0 fully saturated rings. The summed E-state index contributed by atoms with van der Waals surface area (Å²) in [6.45, 7) is 1.43. The van der Waals surface area contributed by atoms with E-state index in [1.165, 1.54) is 30.5 Å². The molecule has 34 heavy (non-hydrogen) atoms. The minimum absolute atomic E-state index is 0.00858. The third-order valence-electron chi connectivity index (χ3n) is 5.86. The smallest absolute Gasteiger partial charge is 0.417 e. The zero-order valence-electron chi connectivity index (χ0n) is 18.2. The molecule has 0 spiro atoms. The Morgan fingerprint density at radius 2 is 1.82 bits per heavy atom. The Bertz CT molecular complexity index is 1280. The molecule has 0 saturated carbocycles. The first-order valence-electron chi connectivity index (χ1n) is 10.7. The second kappa shape index (κ2) is 9.29. The number of aromatic carboxylic acids is 1. The summed E-state index contributed by atoms with van der Waals surface area (Å²) >= 11 is 0. The van der Waals surface area contributed by atoms with Gasteiger partial charge in [-0.05, 0) is 78.8 Å². The highest BCUT2D eigenvalue weighted by Gasteiger charge is 2.35. The molecule has 0 atom stereocenters. The van der Waals surface area contributed by atoms with Crippen LogP contribution in [0.2, 0.25) is 0 Å². The van der Waals surface area contributed by atoms with Crippen molar-refractivity contribution in [2.24, 2.45) is 0 Å². The number of ether oxygens (including phenoxy) is 1. The van der Waals surface area contributed by atoms with Crippen molar-refractivity contribution in [3.63, 3.8) is 0 Å². The number of carbonyl (C=O) groups is 1. The molecule has 0 unspecified atom stereocenters. The van der Waals surface area contributed by atoms with Gasteiger partial charge < -0.3 is 9.84 Å². The Labute approximate surface area is 193 Å². The van der Waals surface area contributed by atoms with Crippen molar-refractivity contribution < 1.29 is 32.2 Å². The first-order chi connectivity index (χ1) is 16.1. The molecule has 176 valence electrons. The second-order valence-corrected chi connectivity index (χ2v) is 8.06. The molecule has 3 aromatic rings. The summed E-state index contributed by atoms with van der Waals surface area (Å²) in [5.74, 6) is -1.43. The van der Waals surface area contributed by atoms with Gasteiger partial charge in [0.2, 0.25) is 0 Å². The van der Waals surface area contributed by atoms with Gasteiger partial charge in [0.25, 0.3) is 0 Å².